The van der Waals surface area contributed by atoms with E-state index in [9.17, 15) is 0 Å². The quantitative estimate of drug-likeness (QED) is 0.626. The highest BCUT2D eigenvalue weighted by Gasteiger charge is 2.04. The topological polar surface area (TPSA) is 35.2 Å². The molecule has 0 heterocycles. The maximum atomic E-state index is 5.85. The molecule has 0 aliphatic carbocycles. The summed E-state index contributed by atoms with van der Waals surface area (Å²) < 4.78 is 5.85. The predicted molar refractivity (Wildman–Crippen MR) is 80.0 cm³/mol. The molecule has 0 fully saturated rings. The molecular formula is C17H21NO. The summed E-state index contributed by atoms with van der Waals surface area (Å²) in [6.45, 7) is 2.87. The molecule has 2 rings (SSSR count). The fraction of sp³-hybridized carbons (Fsp3) is 0.294. The highest BCUT2D eigenvalue weighted by molar-refractivity contribution is 5.39. The van der Waals surface area contributed by atoms with E-state index in [0.29, 0.717) is 0 Å². The Kier molecular flexibility index (Phi) is 4.99. The molecule has 2 heteroatoms. The molecule has 19 heavy (non-hydrogen) atoms. The van der Waals surface area contributed by atoms with Gasteiger partial charge in [-0.15, -0.1) is 0 Å². The van der Waals surface area contributed by atoms with Gasteiger partial charge in [0.2, 0.25) is 0 Å². The van der Waals surface area contributed by atoms with Crippen LogP contribution in [0.1, 0.15) is 30.6 Å². The molecule has 0 radical (unpaired) electrons. The first kappa shape index (κ1) is 13.6. The lowest BCUT2D eigenvalue weighted by molar-refractivity contribution is 0.0641. The summed E-state index contributed by atoms with van der Waals surface area (Å²) in [6, 6.07) is 18.4. The Morgan fingerprint density at radius 1 is 1.00 bits per heavy atom. The molecule has 0 spiro atoms. The van der Waals surface area contributed by atoms with Gasteiger partial charge in [0.15, 0.2) is 0 Å². The monoisotopic (exact) mass is 255 g/mol. The summed E-state index contributed by atoms with van der Waals surface area (Å²) in [7, 11) is 0. The van der Waals surface area contributed by atoms with Gasteiger partial charge in [-0.05, 0) is 43.0 Å². The first-order valence-corrected chi connectivity index (χ1v) is 6.76. The van der Waals surface area contributed by atoms with Gasteiger partial charge in [0.1, 0.15) is 0 Å². The van der Waals surface area contributed by atoms with E-state index >= 15 is 0 Å². The lowest BCUT2D eigenvalue weighted by atomic mass is 10.1. The Morgan fingerprint density at radius 2 is 1.68 bits per heavy atom. The van der Waals surface area contributed by atoms with Crippen LogP contribution in [-0.2, 0) is 11.2 Å². The number of nitrogens with two attached hydrogens (primary N) is 1. The standard InChI is InChI=1S/C17H21NO/c1-14(16-7-3-2-4-8-16)19-13-5-6-15-9-11-17(18)12-10-15/h2-4,7-12,14H,5-6,13,18H2,1H3. The van der Waals surface area contributed by atoms with Crippen molar-refractivity contribution in [2.75, 3.05) is 12.3 Å². The molecule has 0 aliphatic heterocycles. The zero-order valence-corrected chi connectivity index (χ0v) is 11.4. The summed E-state index contributed by atoms with van der Waals surface area (Å²) in [4.78, 5) is 0. The Bertz CT molecular complexity index is 478. The second-order valence-electron chi connectivity index (χ2n) is 4.77. The SMILES string of the molecule is CC(OCCCc1ccc(N)cc1)c1ccccc1. The van der Waals surface area contributed by atoms with Crippen LogP contribution in [0.5, 0.6) is 0 Å². The van der Waals surface area contributed by atoms with E-state index in [2.05, 4.69) is 31.2 Å². The van der Waals surface area contributed by atoms with Crippen molar-refractivity contribution in [3.63, 3.8) is 0 Å². The first-order valence-electron chi connectivity index (χ1n) is 6.76. The third-order valence-corrected chi connectivity index (χ3v) is 3.23. The highest BCUT2D eigenvalue weighted by Crippen LogP contribution is 2.16. The van der Waals surface area contributed by atoms with Crippen LogP contribution in [0, 0.1) is 0 Å². The summed E-state index contributed by atoms with van der Waals surface area (Å²) in [5.41, 5.74) is 9.02. The maximum absolute atomic E-state index is 5.85. The molecule has 100 valence electrons. The van der Waals surface area contributed by atoms with Crippen molar-refractivity contribution < 1.29 is 4.74 Å². The molecule has 0 aliphatic rings. The van der Waals surface area contributed by atoms with Crippen LogP contribution in [0.3, 0.4) is 0 Å². The smallest absolute Gasteiger partial charge is 0.0796 e. The Labute approximate surface area is 115 Å². The predicted octanol–water partition coefficient (Wildman–Crippen LogP) is 3.98. The summed E-state index contributed by atoms with van der Waals surface area (Å²) in [6.07, 6.45) is 2.22. The molecule has 0 aromatic heterocycles. The van der Waals surface area contributed by atoms with Crippen molar-refractivity contribution in [3.05, 3.63) is 65.7 Å². The van der Waals surface area contributed by atoms with E-state index < -0.39 is 0 Å². The van der Waals surface area contributed by atoms with Crippen LogP contribution in [0.4, 0.5) is 5.69 Å². The Balaban J connectivity index is 1.71. The molecule has 2 nitrogen and oxygen atoms in total. The van der Waals surface area contributed by atoms with E-state index in [-0.39, 0.29) is 6.10 Å². The zero-order chi connectivity index (χ0) is 13.5. The molecule has 1 atom stereocenters. The zero-order valence-electron chi connectivity index (χ0n) is 11.4. The van der Waals surface area contributed by atoms with E-state index in [0.717, 1.165) is 25.1 Å². The van der Waals surface area contributed by atoms with Crippen molar-refractivity contribution in [1.29, 1.82) is 0 Å². The molecule has 0 saturated carbocycles. The van der Waals surface area contributed by atoms with Gasteiger partial charge >= 0.3 is 0 Å². The normalized spacial score (nSPS) is 12.3. The molecule has 0 amide bonds. The fourth-order valence-electron chi connectivity index (χ4n) is 2.04. The van der Waals surface area contributed by atoms with Gasteiger partial charge in [0.25, 0.3) is 0 Å². The molecule has 2 aromatic rings. The van der Waals surface area contributed by atoms with Crippen LogP contribution in [0.25, 0.3) is 0 Å². The van der Waals surface area contributed by atoms with Gasteiger partial charge in [0.05, 0.1) is 6.10 Å². The molecule has 0 bridgehead atoms. The number of aryl methyl sites for hydroxylation is 1. The van der Waals surface area contributed by atoms with Gasteiger partial charge in [0, 0.05) is 12.3 Å². The lowest BCUT2D eigenvalue weighted by Gasteiger charge is -2.13. The minimum absolute atomic E-state index is 0.160. The van der Waals surface area contributed by atoms with Gasteiger partial charge in [-0.3, -0.25) is 0 Å². The van der Waals surface area contributed by atoms with Crippen molar-refractivity contribution in [2.45, 2.75) is 25.9 Å². The summed E-state index contributed by atoms with van der Waals surface area (Å²) in [5, 5.41) is 0. The van der Waals surface area contributed by atoms with Crippen LogP contribution < -0.4 is 5.73 Å². The Morgan fingerprint density at radius 3 is 2.37 bits per heavy atom. The minimum Gasteiger partial charge on any atom is -0.399 e. The average molecular weight is 255 g/mol. The largest absolute Gasteiger partial charge is 0.399 e. The lowest BCUT2D eigenvalue weighted by Crippen LogP contribution is -2.02. The molecular weight excluding hydrogens is 234 g/mol. The van der Waals surface area contributed by atoms with Crippen LogP contribution in [0.2, 0.25) is 0 Å². The third-order valence-electron chi connectivity index (χ3n) is 3.23. The van der Waals surface area contributed by atoms with Gasteiger partial charge in [-0.2, -0.15) is 0 Å². The second kappa shape index (κ2) is 6.95. The van der Waals surface area contributed by atoms with Crippen molar-refractivity contribution in [2.24, 2.45) is 0 Å². The van der Waals surface area contributed by atoms with E-state index in [1.54, 1.807) is 0 Å². The second-order valence-corrected chi connectivity index (χ2v) is 4.77. The van der Waals surface area contributed by atoms with Crippen LogP contribution in [-0.4, -0.2) is 6.61 Å². The number of anilines is 1. The number of benzene rings is 2. The number of nitrogen functional groups attached to an aromatic ring is 1. The van der Waals surface area contributed by atoms with Gasteiger partial charge in [-0.1, -0.05) is 42.5 Å². The van der Waals surface area contributed by atoms with Crippen LogP contribution >= 0.6 is 0 Å². The number of hydrogen-bond acceptors (Lipinski definition) is 2. The van der Waals surface area contributed by atoms with Crippen molar-refractivity contribution in [1.82, 2.24) is 0 Å². The van der Waals surface area contributed by atoms with E-state index in [1.165, 1.54) is 11.1 Å². The molecule has 1 unspecified atom stereocenters. The number of ether oxygens (including phenoxy) is 1. The van der Waals surface area contributed by atoms with Gasteiger partial charge in [-0.25, -0.2) is 0 Å². The Hall–Kier alpha value is -1.80. The van der Waals surface area contributed by atoms with E-state index in [4.69, 9.17) is 10.5 Å². The number of hydrogen-bond donors (Lipinski definition) is 1. The van der Waals surface area contributed by atoms with Crippen molar-refractivity contribution in [3.8, 4) is 0 Å². The third kappa shape index (κ3) is 4.42. The summed E-state index contributed by atoms with van der Waals surface area (Å²) >= 11 is 0. The minimum atomic E-state index is 0.160. The molecule has 2 N–H and O–H groups in total. The summed E-state index contributed by atoms with van der Waals surface area (Å²) in [5.74, 6) is 0. The molecule has 0 saturated heterocycles. The van der Waals surface area contributed by atoms with Crippen LogP contribution in [0.15, 0.2) is 54.6 Å². The van der Waals surface area contributed by atoms with E-state index in [1.807, 2.05) is 30.3 Å². The van der Waals surface area contributed by atoms with Crippen molar-refractivity contribution >= 4 is 5.69 Å². The first-order chi connectivity index (χ1) is 9.25. The highest BCUT2D eigenvalue weighted by atomic mass is 16.5. The fourth-order valence-corrected chi connectivity index (χ4v) is 2.04. The average Bonchev–Trinajstić information content (AvgIpc) is 2.46. The van der Waals surface area contributed by atoms with Gasteiger partial charge < -0.3 is 10.5 Å². The number of rotatable bonds is 6. The maximum Gasteiger partial charge on any atom is 0.0796 e. The molecule has 2 aromatic carbocycles.